The molecule has 2 heterocycles. The van der Waals surface area contributed by atoms with Gasteiger partial charge in [0.15, 0.2) is 0 Å². The van der Waals surface area contributed by atoms with Crippen LogP contribution in [0, 0.1) is 5.92 Å². The summed E-state index contributed by atoms with van der Waals surface area (Å²) in [7, 11) is 0. The average Bonchev–Trinajstić information content (AvgIpc) is 3.21. The zero-order valence-electron chi connectivity index (χ0n) is 18.2. The molecule has 1 atom stereocenters. The quantitative estimate of drug-likeness (QED) is 0.517. The smallest absolute Gasteiger partial charge is 0.252 e. The first-order chi connectivity index (χ1) is 15.2. The van der Waals surface area contributed by atoms with E-state index in [0.29, 0.717) is 17.2 Å². The molecule has 0 spiro atoms. The fourth-order valence-corrected chi connectivity index (χ4v) is 3.03. The van der Waals surface area contributed by atoms with Crippen molar-refractivity contribution in [2.75, 3.05) is 10.6 Å². The third-order valence-electron chi connectivity index (χ3n) is 4.44. The van der Waals surface area contributed by atoms with E-state index < -0.39 is 11.9 Å². The fourth-order valence-electron chi connectivity index (χ4n) is 3.03. The van der Waals surface area contributed by atoms with Crippen LogP contribution in [0.25, 0.3) is 11.4 Å². The first kappa shape index (κ1) is 22.6. The number of amides is 3. The summed E-state index contributed by atoms with van der Waals surface area (Å²) < 4.78 is 5.42. The second kappa shape index (κ2) is 9.82. The lowest BCUT2D eigenvalue weighted by atomic mass is 10.0. The maximum Gasteiger partial charge on any atom is 0.252 e. The van der Waals surface area contributed by atoms with Crippen LogP contribution < -0.4 is 16.0 Å². The molecule has 3 aromatic rings. The van der Waals surface area contributed by atoms with Crippen molar-refractivity contribution >= 4 is 29.1 Å². The van der Waals surface area contributed by atoms with Crippen LogP contribution in [0.2, 0.25) is 0 Å². The van der Waals surface area contributed by atoms with E-state index in [1.807, 2.05) is 13.8 Å². The van der Waals surface area contributed by atoms with Crippen molar-refractivity contribution in [3.05, 3.63) is 54.2 Å². The summed E-state index contributed by atoms with van der Waals surface area (Å²) in [6.45, 7) is 6.54. The van der Waals surface area contributed by atoms with Crippen molar-refractivity contribution in [1.82, 2.24) is 20.4 Å². The largest absolute Gasteiger partial charge is 0.340 e. The zero-order chi connectivity index (χ0) is 23.3. The molecule has 166 valence electrons. The number of nitrogens with one attached hydrogen (secondary N) is 3. The Hall–Kier alpha value is -4.08. The molecular weight excluding hydrogens is 412 g/mol. The summed E-state index contributed by atoms with van der Waals surface area (Å²) >= 11 is 0. The number of nitrogens with zero attached hydrogens (tertiary/aromatic N) is 3. The van der Waals surface area contributed by atoms with Gasteiger partial charge in [0.25, 0.3) is 5.91 Å². The minimum Gasteiger partial charge on any atom is -0.340 e. The summed E-state index contributed by atoms with van der Waals surface area (Å²) in [6, 6.07) is 7.58. The van der Waals surface area contributed by atoms with Gasteiger partial charge in [0.2, 0.25) is 23.5 Å². The number of hydrogen-bond donors (Lipinski definition) is 3. The van der Waals surface area contributed by atoms with E-state index in [1.165, 1.54) is 26.0 Å². The van der Waals surface area contributed by atoms with Crippen LogP contribution in [0.5, 0.6) is 0 Å². The SMILES string of the molecule is CC(=O)Nc1cc(NC(C)=O)cc(C(=O)NC(c2nc(-c3ccncc3)no2)C(C)C)c1. The molecule has 32 heavy (non-hydrogen) atoms. The Bertz CT molecular complexity index is 1090. The van der Waals surface area contributed by atoms with Gasteiger partial charge in [-0.2, -0.15) is 4.98 Å². The molecule has 0 aliphatic heterocycles. The Kier molecular flexibility index (Phi) is 6.93. The van der Waals surface area contributed by atoms with Crippen molar-refractivity contribution in [2.45, 2.75) is 33.7 Å². The standard InChI is InChI=1S/C22H24N6O4/c1-12(2)19(22-27-20(28-32-22)15-5-7-23-8-6-15)26-21(31)16-9-17(24-13(3)29)11-18(10-16)25-14(4)30/h5-12,19H,1-4H3,(H,24,29)(H,25,30)(H,26,31). The Morgan fingerprint density at radius 1 is 0.938 bits per heavy atom. The Morgan fingerprint density at radius 3 is 2.06 bits per heavy atom. The summed E-state index contributed by atoms with van der Waals surface area (Å²) in [5.41, 5.74) is 1.76. The summed E-state index contributed by atoms with van der Waals surface area (Å²) in [5, 5.41) is 12.2. The minimum atomic E-state index is -0.556. The van der Waals surface area contributed by atoms with Crippen molar-refractivity contribution in [1.29, 1.82) is 0 Å². The normalized spacial score (nSPS) is 11.7. The topological polar surface area (TPSA) is 139 Å². The van der Waals surface area contributed by atoms with Crippen LogP contribution in [0.4, 0.5) is 11.4 Å². The Balaban J connectivity index is 1.87. The van der Waals surface area contributed by atoms with Gasteiger partial charge in [-0.25, -0.2) is 0 Å². The number of benzene rings is 1. The highest BCUT2D eigenvalue weighted by Gasteiger charge is 2.26. The first-order valence-electron chi connectivity index (χ1n) is 9.98. The first-order valence-corrected chi connectivity index (χ1v) is 9.98. The van der Waals surface area contributed by atoms with Gasteiger partial charge in [0.1, 0.15) is 6.04 Å². The Labute approximate surface area is 184 Å². The monoisotopic (exact) mass is 436 g/mol. The van der Waals surface area contributed by atoms with Gasteiger partial charge in [-0.3, -0.25) is 19.4 Å². The van der Waals surface area contributed by atoms with Crippen molar-refractivity contribution in [3.63, 3.8) is 0 Å². The number of carbonyl (C=O) groups excluding carboxylic acids is 3. The predicted molar refractivity (Wildman–Crippen MR) is 118 cm³/mol. The minimum absolute atomic E-state index is 0.0574. The van der Waals surface area contributed by atoms with Gasteiger partial charge in [-0.1, -0.05) is 19.0 Å². The lowest BCUT2D eigenvalue weighted by Gasteiger charge is -2.19. The van der Waals surface area contributed by atoms with E-state index in [-0.39, 0.29) is 29.2 Å². The van der Waals surface area contributed by atoms with E-state index in [9.17, 15) is 14.4 Å². The molecule has 0 aliphatic carbocycles. The third kappa shape index (κ3) is 5.75. The lowest BCUT2D eigenvalue weighted by molar-refractivity contribution is -0.115. The van der Waals surface area contributed by atoms with Crippen LogP contribution >= 0.6 is 0 Å². The maximum absolute atomic E-state index is 13.1. The summed E-state index contributed by atoms with van der Waals surface area (Å²) in [4.78, 5) is 44.4. The second-order valence-electron chi connectivity index (χ2n) is 7.55. The van der Waals surface area contributed by atoms with Gasteiger partial charge < -0.3 is 20.5 Å². The van der Waals surface area contributed by atoms with Crippen molar-refractivity contribution in [3.8, 4) is 11.4 Å². The van der Waals surface area contributed by atoms with Crippen LogP contribution in [-0.4, -0.2) is 32.8 Å². The highest BCUT2D eigenvalue weighted by molar-refractivity contribution is 6.00. The maximum atomic E-state index is 13.1. The van der Waals surface area contributed by atoms with Crippen LogP contribution in [0.1, 0.15) is 50.0 Å². The number of aromatic nitrogens is 3. The highest BCUT2D eigenvalue weighted by atomic mass is 16.5. The molecule has 1 unspecified atom stereocenters. The molecule has 1 aromatic carbocycles. The second-order valence-corrected chi connectivity index (χ2v) is 7.55. The molecule has 10 heteroatoms. The number of rotatable bonds is 7. The number of carbonyl (C=O) groups is 3. The molecule has 0 bridgehead atoms. The predicted octanol–water partition coefficient (Wildman–Crippen LogP) is 3.18. The van der Waals surface area contributed by atoms with Crippen molar-refractivity contribution in [2.24, 2.45) is 5.92 Å². The summed E-state index contributed by atoms with van der Waals surface area (Å²) in [6.07, 6.45) is 3.25. The van der Waals surface area contributed by atoms with Crippen molar-refractivity contribution < 1.29 is 18.9 Å². The molecule has 0 radical (unpaired) electrons. The third-order valence-corrected chi connectivity index (χ3v) is 4.44. The molecule has 3 amide bonds. The number of pyridine rings is 1. The van der Waals surface area contributed by atoms with E-state index in [1.54, 1.807) is 30.6 Å². The molecule has 10 nitrogen and oxygen atoms in total. The summed E-state index contributed by atoms with van der Waals surface area (Å²) in [5.74, 6) is -0.427. The molecule has 0 fully saturated rings. The number of hydrogen-bond acceptors (Lipinski definition) is 7. The van der Waals surface area contributed by atoms with E-state index in [4.69, 9.17) is 4.52 Å². The molecule has 2 aromatic heterocycles. The van der Waals surface area contributed by atoms with Crippen LogP contribution in [0.3, 0.4) is 0 Å². The molecular formula is C22H24N6O4. The van der Waals surface area contributed by atoms with Gasteiger partial charge in [-0.15, -0.1) is 0 Å². The van der Waals surface area contributed by atoms with E-state index >= 15 is 0 Å². The lowest BCUT2D eigenvalue weighted by Crippen LogP contribution is -2.32. The molecule has 0 aliphatic rings. The van der Waals surface area contributed by atoms with Crippen LogP contribution in [0.15, 0.2) is 47.2 Å². The number of anilines is 2. The zero-order valence-corrected chi connectivity index (χ0v) is 18.2. The molecule has 0 saturated heterocycles. The van der Waals surface area contributed by atoms with E-state index in [2.05, 4.69) is 31.1 Å². The molecule has 3 N–H and O–H groups in total. The van der Waals surface area contributed by atoms with Gasteiger partial charge in [-0.05, 0) is 36.2 Å². The van der Waals surface area contributed by atoms with Crippen LogP contribution in [-0.2, 0) is 9.59 Å². The molecule has 0 saturated carbocycles. The fraction of sp³-hybridized carbons (Fsp3) is 0.273. The van der Waals surface area contributed by atoms with Gasteiger partial charge in [0, 0.05) is 48.7 Å². The average molecular weight is 436 g/mol. The Morgan fingerprint density at radius 2 is 1.53 bits per heavy atom. The highest BCUT2D eigenvalue weighted by Crippen LogP contribution is 2.25. The van der Waals surface area contributed by atoms with E-state index in [0.717, 1.165) is 5.56 Å². The van der Waals surface area contributed by atoms with Gasteiger partial charge in [0.05, 0.1) is 0 Å². The van der Waals surface area contributed by atoms with Gasteiger partial charge >= 0.3 is 0 Å². The molecule has 3 rings (SSSR count).